The zero-order chi connectivity index (χ0) is 12.8. The van der Waals surface area contributed by atoms with Gasteiger partial charge in [-0.2, -0.15) is 4.98 Å². The van der Waals surface area contributed by atoms with Crippen LogP contribution < -0.4 is 4.90 Å². The first-order chi connectivity index (χ1) is 8.60. The van der Waals surface area contributed by atoms with Crippen molar-refractivity contribution in [3.05, 3.63) is 17.3 Å². The minimum atomic E-state index is -0.427. The molecule has 0 bridgehead atoms. The summed E-state index contributed by atoms with van der Waals surface area (Å²) in [7, 11) is 0. The molecule has 1 saturated carbocycles. The summed E-state index contributed by atoms with van der Waals surface area (Å²) in [5, 5.41) is 0.0774. The van der Waals surface area contributed by atoms with Gasteiger partial charge in [-0.05, 0) is 31.4 Å². The van der Waals surface area contributed by atoms with Gasteiger partial charge in [-0.3, -0.25) is 0 Å². The van der Waals surface area contributed by atoms with E-state index in [-0.39, 0.29) is 16.7 Å². The highest BCUT2D eigenvalue weighted by molar-refractivity contribution is 6.28. The van der Waals surface area contributed by atoms with E-state index in [1.54, 1.807) is 0 Å². The molecule has 18 heavy (non-hydrogen) atoms. The molecule has 0 N–H and O–H groups in total. The van der Waals surface area contributed by atoms with E-state index in [4.69, 9.17) is 16.3 Å². The number of hydrogen-bond donors (Lipinski definition) is 0. The fraction of sp³-hybridized carbons (Fsp3) is 0.667. The molecule has 1 aliphatic heterocycles. The van der Waals surface area contributed by atoms with Crippen molar-refractivity contribution in [2.45, 2.75) is 25.8 Å². The molecule has 0 unspecified atom stereocenters. The lowest BCUT2D eigenvalue weighted by molar-refractivity contribution is 0.105. The van der Waals surface area contributed by atoms with Gasteiger partial charge in [-0.1, -0.05) is 0 Å². The molecule has 0 aromatic carbocycles. The number of aromatic nitrogens is 2. The third-order valence-electron chi connectivity index (χ3n) is 3.73. The lowest BCUT2D eigenvalue weighted by Gasteiger charge is -2.29. The molecule has 1 aromatic rings. The van der Waals surface area contributed by atoms with Gasteiger partial charge in [0, 0.05) is 12.0 Å². The lowest BCUT2D eigenvalue weighted by Crippen LogP contribution is -2.39. The summed E-state index contributed by atoms with van der Waals surface area (Å²) in [5.41, 5.74) is 0.189. The molecule has 4 nitrogen and oxygen atoms in total. The van der Waals surface area contributed by atoms with Crippen LogP contribution in [0.4, 0.5) is 10.2 Å². The average molecular weight is 272 g/mol. The summed E-state index contributed by atoms with van der Waals surface area (Å²) in [6, 6.07) is 0.0884. The predicted octanol–water partition coefficient (Wildman–Crippen LogP) is 2.27. The summed E-state index contributed by atoms with van der Waals surface area (Å²) in [6.07, 6.45) is 3.40. The number of rotatable bonds is 1. The topological polar surface area (TPSA) is 38.2 Å². The summed E-state index contributed by atoms with van der Waals surface area (Å²) in [5.74, 6) is -0.136. The predicted molar refractivity (Wildman–Crippen MR) is 66.3 cm³/mol. The molecule has 2 aliphatic rings. The van der Waals surface area contributed by atoms with Crippen molar-refractivity contribution in [2.75, 3.05) is 24.7 Å². The maximum Gasteiger partial charge on any atom is 0.224 e. The van der Waals surface area contributed by atoms with Crippen LogP contribution in [0.3, 0.4) is 0 Å². The third-order valence-corrected chi connectivity index (χ3v) is 3.91. The second kappa shape index (κ2) is 4.31. The normalized spacial score (nSPS) is 26.2. The fourth-order valence-corrected chi connectivity index (χ4v) is 2.53. The Hall–Kier alpha value is -0.940. The summed E-state index contributed by atoms with van der Waals surface area (Å²) in [6.45, 7) is 4.13. The van der Waals surface area contributed by atoms with Crippen LogP contribution in [0.2, 0.25) is 5.28 Å². The lowest BCUT2D eigenvalue weighted by atomic mass is 10.1. The van der Waals surface area contributed by atoms with E-state index in [1.807, 2.05) is 11.8 Å². The highest BCUT2D eigenvalue weighted by Crippen LogP contribution is 2.48. The number of halogens is 2. The summed E-state index contributed by atoms with van der Waals surface area (Å²) >= 11 is 5.76. The van der Waals surface area contributed by atoms with Crippen molar-refractivity contribution in [2.24, 2.45) is 5.41 Å². The van der Waals surface area contributed by atoms with Crippen LogP contribution in [0.1, 0.15) is 19.8 Å². The van der Waals surface area contributed by atoms with Crippen LogP contribution in [0, 0.1) is 11.2 Å². The van der Waals surface area contributed by atoms with Crippen LogP contribution in [-0.4, -0.2) is 35.8 Å². The molecule has 1 aliphatic carbocycles. The van der Waals surface area contributed by atoms with E-state index in [0.717, 1.165) is 32.2 Å². The number of hydrogen-bond acceptors (Lipinski definition) is 4. The molecule has 1 spiro atoms. The highest BCUT2D eigenvalue weighted by atomic mass is 35.5. The molecular formula is C12H15ClFN3O. The standard InChI is InChI=1S/C12H15ClFN3O/c1-8-5-18-7-12(2-3-12)6-17(8)10-9(14)4-15-11(13)16-10/h4,8H,2-3,5-7H2,1H3/t8-/m0/s1. The monoisotopic (exact) mass is 271 g/mol. The molecular weight excluding hydrogens is 257 g/mol. The van der Waals surface area contributed by atoms with Crippen LogP contribution in [0.5, 0.6) is 0 Å². The van der Waals surface area contributed by atoms with E-state index in [0.29, 0.717) is 12.4 Å². The van der Waals surface area contributed by atoms with Gasteiger partial charge in [0.15, 0.2) is 11.6 Å². The first kappa shape index (κ1) is 12.1. The Balaban J connectivity index is 1.94. The molecule has 0 amide bonds. The minimum absolute atomic E-state index is 0.0774. The van der Waals surface area contributed by atoms with Gasteiger partial charge in [-0.25, -0.2) is 9.37 Å². The van der Waals surface area contributed by atoms with Crippen molar-refractivity contribution in [3.8, 4) is 0 Å². The van der Waals surface area contributed by atoms with Gasteiger partial charge in [0.1, 0.15) is 0 Å². The maximum atomic E-state index is 13.9. The Morgan fingerprint density at radius 1 is 1.56 bits per heavy atom. The van der Waals surface area contributed by atoms with Crippen molar-refractivity contribution in [1.29, 1.82) is 0 Å². The summed E-state index contributed by atoms with van der Waals surface area (Å²) < 4.78 is 19.5. The fourth-order valence-electron chi connectivity index (χ4n) is 2.40. The molecule has 2 fully saturated rings. The maximum absolute atomic E-state index is 13.9. The first-order valence-electron chi connectivity index (χ1n) is 6.12. The zero-order valence-corrected chi connectivity index (χ0v) is 11.0. The van der Waals surface area contributed by atoms with E-state index in [1.165, 1.54) is 0 Å². The Labute approximate surface area is 110 Å². The van der Waals surface area contributed by atoms with Crippen LogP contribution >= 0.6 is 11.6 Å². The van der Waals surface area contributed by atoms with E-state index >= 15 is 0 Å². The second-order valence-electron chi connectivity index (χ2n) is 5.30. The molecule has 0 radical (unpaired) electrons. The van der Waals surface area contributed by atoms with E-state index < -0.39 is 5.82 Å². The average Bonchev–Trinajstić information content (AvgIpc) is 3.11. The van der Waals surface area contributed by atoms with E-state index in [9.17, 15) is 4.39 Å². The number of anilines is 1. The van der Waals surface area contributed by atoms with Crippen molar-refractivity contribution in [3.63, 3.8) is 0 Å². The Morgan fingerprint density at radius 3 is 3.06 bits per heavy atom. The molecule has 1 atom stereocenters. The van der Waals surface area contributed by atoms with Gasteiger partial charge in [0.05, 0.1) is 25.5 Å². The quantitative estimate of drug-likeness (QED) is 0.735. The molecule has 3 rings (SSSR count). The van der Waals surface area contributed by atoms with Crippen LogP contribution in [0.25, 0.3) is 0 Å². The summed E-state index contributed by atoms with van der Waals surface area (Å²) in [4.78, 5) is 9.65. The number of ether oxygens (including phenoxy) is 1. The van der Waals surface area contributed by atoms with Gasteiger partial charge in [0.25, 0.3) is 0 Å². The first-order valence-corrected chi connectivity index (χ1v) is 6.50. The van der Waals surface area contributed by atoms with Gasteiger partial charge in [0.2, 0.25) is 5.28 Å². The van der Waals surface area contributed by atoms with Crippen molar-refractivity contribution < 1.29 is 9.13 Å². The SMILES string of the molecule is C[C@H]1COCC2(CC2)CN1c1nc(Cl)ncc1F. The van der Waals surface area contributed by atoms with Crippen molar-refractivity contribution >= 4 is 17.4 Å². The highest BCUT2D eigenvalue weighted by Gasteiger charge is 2.47. The number of nitrogens with zero attached hydrogens (tertiary/aromatic N) is 3. The zero-order valence-electron chi connectivity index (χ0n) is 10.2. The van der Waals surface area contributed by atoms with Crippen molar-refractivity contribution in [1.82, 2.24) is 9.97 Å². The van der Waals surface area contributed by atoms with Gasteiger partial charge < -0.3 is 9.64 Å². The Bertz CT molecular complexity index is 467. The van der Waals surface area contributed by atoms with Crippen LogP contribution in [0.15, 0.2) is 6.20 Å². The van der Waals surface area contributed by atoms with Gasteiger partial charge in [-0.15, -0.1) is 0 Å². The molecule has 98 valence electrons. The van der Waals surface area contributed by atoms with Crippen LogP contribution in [-0.2, 0) is 4.74 Å². The molecule has 6 heteroatoms. The Morgan fingerprint density at radius 2 is 2.33 bits per heavy atom. The largest absolute Gasteiger partial charge is 0.379 e. The smallest absolute Gasteiger partial charge is 0.224 e. The Kier molecular flexibility index (Phi) is 2.90. The van der Waals surface area contributed by atoms with Gasteiger partial charge >= 0.3 is 0 Å². The molecule has 1 aromatic heterocycles. The second-order valence-corrected chi connectivity index (χ2v) is 5.64. The van der Waals surface area contributed by atoms with E-state index in [2.05, 4.69) is 9.97 Å². The minimum Gasteiger partial charge on any atom is -0.379 e. The molecule has 2 heterocycles. The third kappa shape index (κ3) is 2.17. The molecule has 1 saturated heterocycles.